The molecule has 6 heteroatoms. The first kappa shape index (κ1) is 18.5. The summed E-state index contributed by atoms with van der Waals surface area (Å²) in [6, 6.07) is 8.18. The van der Waals surface area contributed by atoms with E-state index in [9.17, 15) is 0 Å². The van der Waals surface area contributed by atoms with Gasteiger partial charge in [-0.15, -0.1) is 24.0 Å². The number of fused-ring (bicyclic) bond motifs is 1. The van der Waals surface area contributed by atoms with Crippen molar-refractivity contribution >= 4 is 41.0 Å². The molecular weight excluding hydrogens is 425 g/mol. The molecule has 0 bridgehead atoms. The van der Waals surface area contributed by atoms with E-state index in [1.807, 2.05) is 18.2 Å². The lowest BCUT2D eigenvalue weighted by molar-refractivity contribution is 0.151. The van der Waals surface area contributed by atoms with Crippen molar-refractivity contribution in [3.63, 3.8) is 0 Å². The molecule has 136 valence electrons. The number of likely N-dealkylation sites (tertiary alicyclic amines) is 1. The van der Waals surface area contributed by atoms with Gasteiger partial charge in [0.25, 0.3) is 0 Å². The molecule has 1 aromatic heterocycles. The number of H-pyrrole nitrogens is 1. The van der Waals surface area contributed by atoms with Crippen molar-refractivity contribution in [2.24, 2.45) is 10.4 Å². The highest BCUT2D eigenvalue weighted by molar-refractivity contribution is 14.0. The molecule has 4 rings (SSSR count). The third-order valence-corrected chi connectivity index (χ3v) is 5.54. The minimum absolute atomic E-state index is 0. The first-order valence-electron chi connectivity index (χ1n) is 9.25. The van der Waals surface area contributed by atoms with Crippen LogP contribution in [0.4, 0.5) is 0 Å². The summed E-state index contributed by atoms with van der Waals surface area (Å²) in [4.78, 5) is 15.3. The van der Waals surface area contributed by atoms with E-state index in [2.05, 4.69) is 33.2 Å². The molecule has 2 fully saturated rings. The molecule has 1 aliphatic heterocycles. The summed E-state index contributed by atoms with van der Waals surface area (Å²) in [5.74, 6) is 2.10. The molecule has 1 saturated heterocycles. The Kier molecular flexibility index (Phi) is 5.86. The summed E-state index contributed by atoms with van der Waals surface area (Å²) in [5, 5.41) is 3.47. The van der Waals surface area contributed by atoms with Gasteiger partial charge in [0.1, 0.15) is 5.82 Å². The van der Waals surface area contributed by atoms with Gasteiger partial charge in [-0.1, -0.05) is 18.6 Å². The van der Waals surface area contributed by atoms with Crippen molar-refractivity contribution in [3.05, 3.63) is 30.1 Å². The minimum Gasteiger partial charge on any atom is -0.357 e. The first-order valence-corrected chi connectivity index (χ1v) is 9.25. The maximum atomic E-state index is 4.86. The number of nitrogens with zero attached hydrogens (tertiary/aromatic N) is 3. The third-order valence-electron chi connectivity index (χ3n) is 5.54. The summed E-state index contributed by atoms with van der Waals surface area (Å²) in [5.41, 5.74) is 2.75. The Morgan fingerprint density at radius 3 is 2.84 bits per heavy atom. The predicted octanol–water partition coefficient (Wildman–Crippen LogP) is 3.56. The molecule has 1 aliphatic carbocycles. The highest BCUT2D eigenvalue weighted by atomic mass is 127. The molecule has 5 nitrogen and oxygen atoms in total. The SMILES string of the molecule is CCNC(=NCCc1nc2ccccc2[nH]1)N1CCC2(CCC2)C1.I. The number of para-hydroxylation sites is 2. The van der Waals surface area contributed by atoms with Crippen LogP contribution >= 0.6 is 24.0 Å². The topological polar surface area (TPSA) is 56.3 Å². The van der Waals surface area contributed by atoms with Crippen molar-refractivity contribution in [2.45, 2.75) is 39.0 Å². The van der Waals surface area contributed by atoms with Crippen LogP contribution in [0.3, 0.4) is 0 Å². The fourth-order valence-electron chi connectivity index (χ4n) is 4.02. The minimum atomic E-state index is 0. The van der Waals surface area contributed by atoms with E-state index in [0.29, 0.717) is 5.41 Å². The zero-order valence-corrected chi connectivity index (χ0v) is 17.3. The Bertz CT molecular complexity index is 701. The molecule has 1 spiro atoms. The molecular formula is C19H28IN5. The lowest BCUT2D eigenvalue weighted by Gasteiger charge is -2.38. The Morgan fingerprint density at radius 2 is 2.16 bits per heavy atom. The second-order valence-electron chi connectivity index (χ2n) is 7.21. The van der Waals surface area contributed by atoms with Crippen molar-refractivity contribution in [2.75, 3.05) is 26.2 Å². The number of aliphatic imine (C=N–C) groups is 1. The molecule has 0 atom stereocenters. The second kappa shape index (κ2) is 7.93. The van der Waals surface area contributed by atoms with E-state index < -0.39 is 0 Å². The van der Waals surface area contributed by atoms with Crippen LogP contribution in [-0.4, -0.2) is 47.0 Å². The predicted molar refractivity (Wildman–Crippen MR) is 114 cm³/mol. The smallest absolute Gasteiger partial charge is 0.193 e. The highest BCUT2D eigenvalue weighted by Gasteiger charge is 2.43. The van der Waals surface area contributed by atoms with Crippen LogP contribution in [0, 0.1) is 5.41 Å². The van der Waals surface area contributed by atoms with Gasteiger partial charge in [0.15, 0.2) is 5.96 Å². The van der Waals surface area contributed by atoms with Crippen molar-refractivity contribution in [3.8, 4) is 0 Å². The maximum Gasteiger partial charge on any atom is 0.193 e. The lowest BCUT2D eigenvalue weighted by Crippen LogP contribution is -2.42. The zero-order chi connectivity index (χ0) is 16.4. The van der Waals surface area contributed by atoms with Gasteiger partial charge in [0, 0.05) is 32.6 Å². The van der Waals surface area contributed by atoms with E-state index in [4.69, 9.17) is 4.99 Å². The van der Waals surface area contributed by atoms with Crippen LogP contribution in [0.1, 0.15) is 38.4 Å². The number of guanidine groups is 1. The number of benzene rings is 1. The third kappa shape index (κ3) is 3.93. The van der Waals surface area contributed by atoms with E-state index >= 15 is 0 Å². The number of rotatable bonds is 4. The number of hydrogen-bond acceptors (Lipinski definition) is 2. The van der Waals surface area contributed by atoms with E-state index in [-0.39, 0.29) is 24.0 Å². The molecule has 2 aromatic rings. The number of aromatic nitrogens is 2. The Labute approximate surface area is 166 Å². The summed E-state index contributed by atoms with van der Waals surface area (Å²) in [7, 11) is 0. The molecule has 1 saturated carbocycles. The van der Waals surface area contributed by atoms with E-state index in [0.717, 1.165) is 48.9 Å². The average Bonchev–Trinajstić information content (AvgIpc) is 3.18. The van der Waals surface area contributed by atoms with Crippen LogP contribution in [-0.2, 0) is 6.42 Å². The molecule has 1 aromatic carbocycles. The Balaban J connectivity index is 0.00000182. The summed E-state index contributed by atoms with van der Waals surface area (Å²) in [6.45, 7) is 6.17. The highest BCUT2D eigenvalue weighted by Crippen LogP contribution is 2.47. The Morgan fingerprint density at radius 1 is 1.32 bits per heavy atom. The Hall–Kier alpha value is -1.31. The molecule has 2 N–H and O–H groups in total. The molecule has 25 heavy (non-hydrogen) atoms. The van der Waals surface area contributed by atoms with Gasteiger partial charge >= 0.3 is 0 Å². The maximum absolute atomic E-state index is 4.86. The fourth-order valence-corrected chi connectivity index (χ4v) is 4.02. The second-order valence-corrected chi connectivity index (χ2v) is 7.21. The molecule has 0 amide bonds. The van der Waals surface area contributed by atoms with Crippen LogP contribution in [0.5, 0.6) is 0 Å². The van der Waals surface area contributed by atoms with Gasteiger partial charge in [-0.2, -0.15) is 0 Å². The quantitative estimate of drug-likeness (QED) is 0.423. The monoisotopic (exact) mass is 453 g/mol. The first-order chi connectivity index (χ1) is 11.8. The van der Waals surface area contributed by atoms with Gasteiger partial charge in [-0.25, -0.2) is 4.98 Å². The fraction of sp³-hybridized carbons (Fsp3) is 0.579. The number of halogens is 1. The molecule has 0 unspecified atom stereocenters. The van der Waals surface area contributed by atoms with Crippen LogP contribution in [0.15, 0.2) is 29.3 Å². The van der Waals surface area contributed by atoms with Gasteiger partial charge in [0.05, 0.1) is 11.0 Å². The number of imidazole rings is 1. The van der Waals surface area contributed by atoms with E-state index in [1.54, 1.807) is 0 Å². The van der Waals surface area contributed by atoms with Crippen LogP contribution in [0.25, 0.3) is 11.0 Å². The van der Waals surface area contributed by atoms with Gasteiger partial charge < -0.3 is 15.2 Å². The van der Waals surface area contributed by atoms with Crippen molar-refractivity contribution in [1.29, 1.82) is 0 Å². The molecule has 2 heterocycles. The van der Waals surface area contributed by atoms with Crippen LogP contribution < -0.4 is 5.32 Å². The molecule has 2 aliphatic rings. The van der Waals surface area contributed by atoms with Gasteiger partial charge in [0.2, 0.25) is 0 Å². The van der Waals surface area contributed by atoms with Crippen molar-refractivity contribution in [1.82, 2.24) is 20.2 Å². The van der Waals surface area contributed by atoms with Gasteiger partial charge in [-0.05, 0) is 43.7 Å². The summed E-state index contributed by atoms with van der Waals surface area (Å²) >= 11 is 0. The zero-order valence-electron chi connectivity index (χ0n) is 14.9. The van der Waals surface area contributed by atoms with Gasteiger partial charge in [-0.3, -0.25) is 4.99 Å². The van der Waals surface area contributed by atoms with Crippen LogP contribution in [0.2, 0.25) is 0 Å². The normalized spacial score (nSPS) is 19.1. The van der Waals surface area contributed by atoms with E-state index in [1.165, 1.54) is 32.2 Å². The summed E-state index contributed by atoms with van der Waals surface area (Å²) < 4.78 is 0. The average molecular weight is 453 g/mol. The number of aromatic amines is 1. The summed E-state index contributed by atoms with van der Waals surface area (Å²) in [6.07, 6.45) is 6.40. The largest absolute Gasteiger partial charge is 0.357 e. The molecule has 0 radical (unpaired) electrons. The van der Waals surface area contributed by atoms with Crippen molar-refractivity contribution < 1.29 is 0 Å². The number of hydrogen-bond donors (Lipinski definition) is 2. The lowest BCUT2D eigenvalue weighted by atomic mass is 9.68. The standard InChI is InChI=1S/C19H27N5.HI/c1-2-20-18(24-13-11-19(14-24)9-5-10-19)21-12-8-17-22-15-6-3-4-7-16(15)23-17;/h3-4,6-7H,2,5,8-14H2,1H3,(H,20,21)(H,22,23);1H. The number of nitrogens with one attached hydrogen (secondary N) is 2.